The number of aromatic nitrogens is 2. The fourth-order valence-corrected chi connectivity index (χ4v) is 4.29. The van der Waals surface area contributed by atoms with Gasteiger partial charge in [-0.1, -0.05) is 0 Å². The SMILES string of the molecule is Cc1cc(NC(=O)c2ccc(S(=O)(=O)N3CCCC3)cc2)n(C)n1. The normalized spacial score (nSPS) is 15.6. The second-order valence-electron chi connectivity index (χ2n) is 5.88. The van der Waals surface area contributed by atoms with E-state index in [9.17, 15) is 13.2 Å². The van der Waals surface area contributed by atoms with Gasteiger partial charge < -0.3 is 5.32 Å². The van der Waals surface area contributed by atoms with Crippen LogP contribution in [-0.4, -0.2) is 41.5 Å². The number of hydrogen-bond acceptors (Lipinski definition) is 4. The first kappa shape index (κ1) is 16.7. The maximum Gasteiger partial charge on any atom is 0.256 e. The van der Waals surface area contributed by atoms with Crippen molar-refractivity contribution in [3.05, 3.63) is 41.6 Å². The Balaban J connectivity index is 1.76. The van der Waals surface area contributed by atoms with Crippen LogP contribution in [0.25, 0.3) is 0 Å². The Morgan fingerprint density at radius 3 is 2.33 bits per heavy atom. The second-order valence-corrected chi connectivity index (χ2v) is 7.82. The molecule has 3 rings (SSSR count). The molecule has 0 aliphatic carbocycles. The fraction of sp³-hybridized carbons (Fsp3) is 0.375. The number of amides is 1. The van der Waals surface area contributed by atoms with Crippen LogP contribution in [-0.2, 0) is 17.1 Å². The van der Waals surface area contributed by atoms with Gasteiger partial charge in [0.1, 0.15) is 5.82 Å². The third-order valence-electron chi connectivity index (χ3n) is 4.06. The first-order chi connectivity index (χ1) is 11.4. The van der Waals surface area contributed by atoms with Crippen LogP contribution >= 0.6 is 0 Å². The summed E-state index contributed by atoms with van der Waals surface area (Å²) >= 11 is 0. The van der Waals surface area contributed by atoms with Gasteiger partial charge in [-0.05, 0) is 44.0 Å². The molecule has 24 heavy (non-hydrogen) atoms. The summed E-state index contributed by atoms with van der Waals surface area (Å²) in [6, 6.07) is 7.79. The predicted molar refractivity (Wildman–Crippen MR) is 90.3 cm³/mol. The zero-order valence-corrected chi connectivity index (χ0v) is 14.5. The zero-order valence-electron chi connectivity index (χ0n) is 13.7. The number of hydrogen-bond donors (Lipinski definition) is 1. The number of carbonyl (C=O) groups is 1. The standard InChI is InChI=1S/C16H20N4O3S/c1-12-11-15(19(2)18-12)17-16(21)13-5-7-14(8-6-13)24(22,23)20-9-3-4-10-20/h5-8,11H,3-4,9-10H2,1-2H3,(H,17,21). The summed E-state index contributed by atoms with van der Waals surface area (Å²) in [5.41, 5.74) is 1.20. The lowest BCUT2D eigenvalue weighted by Crippen LogP contribution is -2.27. The number of anilines is 1. The Kier molecular flexibility index (Phi) is 4.42. The summed E-state index contributed by atoms with van der Waals surface area (Å²) in [4.78, 5) is 12.5. The minimum atomic E-state index is -3.46. The van der Waals surface area contributed by atoms with E-state index in [1.807, 2.05) is 6.92 Å². The van der Waals surface area contributed by atoms with Gasteiger partial charge in [-0.2, -0.15) is 9.40 Å². The van der Waals surface area contributed by atoms with E-state index < -0.39 is 10.0 Å². The number of nitrogens with one attached hydrogen (secondary N) is 1. The van der Waals surface area contributed by atoms with Gasteiger partial charge in [0.15, 0.2) is 0 Å². The molecule has 2 aromatic rings. The molecule has 1 fully saturated rings. The molecule has 1 aliphatic heterocycles. The zero-order chi connectivity index (χ0) is 17.3. The van der Waals surface area contributed by atoms with Crippen LogP contribution in [0, 0.1) is 6.92 Å². The monoisotopic (exact) mass is 348 g/mol. The number of nitrogens with zero attached hydrogens (tertiary/aromatic N) is 3. The Labute approximate surface area is 141 Å². The molecule has 1 aromatic carbocycles. The summed E-state index contributed by atoms with van der Waals surface area (Å²) in [5, 5.41) is 6.93. The van der Waals surface area contributed by atoms with Gasteiger partial charge in [-0.3, -0.25) is 9.48 Å². The van der Waals surface area contributed by atoms with E-state index in [1.54, 1.807) is 17.8 Å². The molecule has 0 radical (unpaired) electrons. The average molecular weight is 348 g/mol. The van der Waals surface area contributed by atoms with E-state index in [2.05, 4.69) is 10.4 Å². The van der Waals surface area contributed by atoms with Gasteiger partial charge in [0.05, 0.1) is 10.6 Å². The molecule has 0 spiro atoms. The highest BCUT2D eigenvalue weighted by molar-refractivity contribution is 7.89. The van der Waals surface area contributed by atoms with Gasteiger partial charge in [-0.25, -0.2) is 8.42 Å². The van der Waals surface area contributed by atoms with Crippen molar-refractivity contribution >= 4 is 21.7 Å². The molecule has 0 saturated carbocycles. The minimum Gasteiger partial charge on any atom is -0.307 e. The third kappa shape index (κ3) is 3.20. The van der Waals surface area contributed by atoms with E-state index in [0.29, 0.717) is 24.5 Å². The largest absolute Gasteiger partial charge is 0.307 e. The molecular weight excluding hydrogens is 328 g/mol. The summed E-state index contributed by atoms with van der Waals surface area (Å²) in [6.45, 7) is 2.96. The van der Waals surface area contributed by atoms with Crippen molar-refractivity contribution in [2.24, 2.45) is 7.05 Å². The maximum absolute atomic E-state index is 12.5. The molecule has 0 unspecified atom stereocenters. The molecule has 0 bridgehead atoms. The van der Waals surface area contributed by atoms with E-state index in [-0.39, 0.29) is 10.8 Å². The van der Waals surface area contributed by atoms with Crippen molar-refractivity contribution in [3.63, 3.8) is 0 Å². The van der Waals surface area contributed by atoms with Crippen molar-refractivity contribution in [1.29, 1.82) is 0 Å². The third-order valence-corrected chi connectivity index (χ3v) is 5.98. The Bertz CT molecular complexity index is 850. The summed E-state index contributed by atoms with van der Waals surface area (Å²) in [7, 11) is -1.71. The van der Waals surface area contributed by atoms with Crippen molar-refractivity contribution in [2.75, 3.05) is 18.4 Å². The first-order valence-corrected chi connectivity index (χ1v) is 9.24. The maximum atomic E-state index is 12.5. The minimum absolute atomic E-state index is 0.220. The van der Waals surface area contributed by atoms with Crippen LogP contribution < -0.4 is 5.32 Å². The highest BCUT2D eigenvalue weighted by atomic mass is 32.2. The lowest BCUT2D eigenvalue weighted by Gasteiger charge is -2.15. The van der Waals surface area contributed by atoms with Crippen molar-refractivity contribution in [1.82, 2.24) is 14.1 Å². The number of sulfonamides is 1. The molecule has 1 saturated heterocycles. The summed E-state index contributed by atoms with van der Waals surface area (Å²) in [6.07, 6.45) is 1.79. The molecule has 2 heterocycles. The van der Waals surface area contributed by atoms with Crippen LogP contribution in [0.1, 0.15) is 28.9 Å². The van der Waals surface area contributed by atoms with Crippen LogP contribution in [0.2, 0.25) is 0 Å². The van der Waals surface area contributed by atoms with E-state index in [0.717, 1.165) is 18.5 Å². The number of benzene rings is 1. The lowest BCUT2D eigenvalue weighted by atomic mass is 10.2. The number of aryl methyl sites for hydroxylation is 2. The van der Waals surface area contributed by atoms with Crippen molar-refractivity contribution < 1.29 is 13.2 Å². The van der Waals surface area contributed by atoms with E-state index in [4.69, 9.17) is 0 Å². The molecule has 1 aromatic heterocycles. The predicted octanol–water partition coefficient (Wildman–Crippen LogP) is 1.77. The molecule has 1 aliphatic rings. The Hall–Kier alpha value is -2.19. The van der Waals surface area contributed by atoms with Gasteiger partial charge in [0.25, 0.3) is 5.91 Å². The van der Waals surface area contributed by atoms with E-state index in [1.165, 1.54) is 28.6 Å². The Morgan fingerprint density at radius 1 is 1.17 bits per heavy atom. The fourth-order valence-electron chi connectivity index (χ4n) is 2.77. The van der Waals surface area contributed by atoms with Gasteiger partial charge in [0.2, 0.25) is 10.0 Å². The molecule has 1 amide bonds. The van der Waals surface area contributed by atoms with Crippen LogP contribution in [0.15, 0.2) is 35.2 Å². The van der Waals surface area contributed by atoms with Crippen LogP contribution in [0.5, 0.6) is 0 Å². The summed E-state index contributed by atoms with van der Waals surface area (Å²) < 4.78 is 28.0. The molecular formula is C16H20N4O3S. The lowest BCUT2D eigenvalue weighted by molar-refractivity contribution is 0.102. The van der Waals surface area contributed by atoms with Crippen molar-refractivity contribution in [2.45, 2.75) is 24.7 Å². The molecule has 1 N–H and O–H groups in total. The first-order valence-electron chi connectivity index (χ1n) is 7.80. The van der Waals surface area contributed by atoms with Gasteiger partial charge >= 0.3 is 0 Å². The highest BCUT2D eigenvalue weighted by Crippen LogP contribution is 2.21. The van der Waals surface area contributed by atoms with Gasteiger partial charge in [-0.15, -0.1) is 0 Å². The second kappa shape index (κ2) is 6.37. The average Bonchev–Trinajstić information content (AvgIpc) is 3.18. The number of carbonyl (C=O) groups excluding carboxylic acids is 1. The number of rotatable bonds is 4. The van der Waals surface area contributed by atoms with Gasteiger partial charge in [0, 0.05) is 31.8 Å². The van der Waals surface area contributed by atoms with E-state index >= 15 is 0 Å². The molecule has 0 atom stereocenters. The summed E-state index contributed by atoms with van der Waals surface area (Å²) in [5.74, 6) is 0.286. The highest BCUT2D eigenvalue weighted by Gasteiger charge is 2.27. The topological polar surface area (TPSA) is 84.3 Å². The molecule has 8 heteroatoms. The van der Waals surface area contributed by atoms with Crippen molar-refractivity contribution in [3.8, 4) is 0 Å². The molecule has 128 valence electrons. The van der Waals surface area contributed by atoms with Crippen LogP contribution in [0.3, 0.4) is 0 Å². The molecule has 7 nitrogen and oxygen atoms in total. The smallest absolute Gasteiger partial charge is 0.256 e. The Morgan fingerprint density at radius 2 is 1.79 bits per heavy atom. The quantitative estimate of drug-likeness (QED) is 0.912. The van der Waals surface area contributed by atoms with Crippen LogP contribution in [0.4, 0.5) is 5.82 Å².